The molecule has 0 aromatic carbocycles. The monoisotopic (exact) mass is 322 g/mol. The third-order valence-corrected chi connectivity index (χ3v) is 4.11. The van der Waals surface area contributed by atoms with Gasteiger partial charge in [-0.05, 0) is 53.0 Å². The third-order valence-electron chi connectivity index (χ3n) is 4.11. The number of nitrogens with zero attached hydrogens (tertiary/aromatic N) is 3. The highest BCUT2D eigenvalue weighted by Crippen LogP contribution is 2.21. The van der Waals surface area contributed by atoms with E-state index in [0.717, 1.165) is 45.6 Å². The summed E-state index contributed by atoms with van der Waals surface area (Å²) < 4.78 is 7.58. The van der Waals surface area contributed by atoms with Crippen LogP contribution in [-0.2, 0) is 17.8 Å². The Morgan fingerprint density at radius 1 is 1.48 bits per heavy atom. The van der Waals surface area contributed by atoms with Crippen LogP contribution in [0.15, 0.2) is 12.5 Å². The number of aromatic nitrogens is 2. The second kappa shape index (κ2) is 7.81. The number of imidazole rings is 1. The predicted molar refractivity (Wildman–Crippen MR) is 90.1 cm³/mol. The predicted octanol–water partition coefficient (Wildman–Crippen LogP) is 2.64. The Bertz CT molecular complexity index is 507. The summed E-state index contributed by atoms with van der Waals surface area (Å²) in [7, 11) is 0. The maximum Gasteiger partial charge on any atom is 0.410 e. The number of amides is 1. The molecule has 1 aromatic rings. The maximum atomic E-state index is 12.0. The minimum Gasteiger partial charge on any atom is -0.444 e. The summed E-state index contributed by atoms with van der Waals surface area (Å²) in [5.41, 5.74) is 0.799. The topological polar surface area (TPSA) is 59.4 Å². The summed E-state index contributed by atoms with van der Waals surface area (Å²) in [4.78, 5) is 18.0. The first-order chi connectivity index (χ1) is 10.9. The van der Waals surface area contributed by atoms with Crippen LogP contribution in [0.4, 0.5) is 4.79 Å². The van der Waals surface area contributed by atoms with Gasteiger partial charge in [-0.15, -0.1) is 0 Å². The number of likely N-dealkylation sites (tertiary alicyclic amines) is 1. The lowest BCUT2D eigenvalue weighted by Crippen LogP contribution is -2.35. The smallest absolute Gasteiger partial charge is 0.410 e. The molecule has 0 bridgehead atoms. The van der Waals surface area contributed by atoms with Crippen molar-refractivity contribution >= 4 is 6.09 Å². The molecule has 6 nitrogen and oxygen atoms in total. The molecule has 130 valence electrons. The van der Waals surface area contributed by atoms with Crippen LogP contribution in [0.2, 0.25) is 0 Å². The minimum absolute atomic E-state index is 0.181. The highest BCUT2D eigenvalue weighted by atomic mass is 16.6. The SMILES string of the molecule is CCn1cncc1CNCCC1CCN(C(=O)OC(C)(C)C)C1. The summed E-state index contributed by atoms with van der Waals surface area (Å²) in [5.74, 6) is 0.561. The molecule has 0 radical (unpaired) electrons. The molecule has 1 aromatic heterocycles. The lowest BCUT2D eigenvalue weighted by atomic mass is 10.1. The molecule has 1 N–H and O–H groups in total. The second-order valence-corrected chi connectivity index (χ2v) is 7.22. The largest absolute Gasteiger partial charge is 0.444 e. The molecule has 6 heteroatoms. The Balaban J connectivity index is 1.65. The quantitative estimate of drug-likeness (QED) is 0.818. The van der Waals surface area contributed by atoms with E-state index in [1.54, 1.807) is 0 Å². The first-order valence-corrected chi connectivity index (χ1v) is 8.56. The van der Waals surface area contributed by atoms with E-state index in [1.807, 2.05) is 38.2 Å². The van der Waals surface area contributed by atoms with E-state index in [4.69, 9.17) is 4.74 Å². The number of nitrogens with one attached hydrogen (secondary N) is 1. The van der Waals surface area contributed by atoms with Gasteiger partial charge >= 0.3 is 6.09 Å². The summed E-state index contributed by atoms with van der Waals surface area (Å²) in [5, 5.41) is 3.48. The van der Waals surface area contributed by atoms with Crippen molar-refractivity contribution in [3.63, 3.8) is 0 Å². The summed E-state index contributed by atoms with van der Waals surface area (Å²) in [6.07, 6.45) is 5.75. The zero-order valence-corrected chi connectivity index (χ0v) is 14.8. The highest BCUT2D eigenvalue weighted by molar-refractivity contribution is 5.68. The van der Waals surface area contributed by atoms with Gasteiger partial charge in [0.15, 0.2) is 0 Å². The molecule has 23 heavy (non-hydrogen) atoms. The van der Waals surface area contributed by atoms with Gasteiger partial charge in [-0.2, -0.15) is 0 Å². The number of ether oxygens (including phenoxy) is 1. The highest BCUT2D eigenvalue weighted by Gasteiger charge is 2.29. The molecule has 2 heterocycles. The number of carbonyl (C=O) groups is 1. The molecular formula is C17H30N4O2. The Morgan fingerprint density at radius 3 is 2.96 bits per heavy atom. The van der Waals surface area contributed by atoms with Crippen LogP contribution in [0.5, 0.6) is 0 Å². The van der Waals surface area contributed by atoms with Crippen molar-refractivity contribution in [2.24, 2.45) is 5.92 Å². The lowest BCUT2D eigenvalue weighted by molar-refractivity contribution is 0.0287. The van der Waals surface area contributed by atoms with Crippen molar-refractivity contribution in [1.29, 1.82) is 0 Å². The number of rotatable bonds is 6. The fourth-order valence-electron chi connectivity index (χ4n) is 2.86. The van der Waals surface area contributed by atoms with E-state index in [-0.39, 0.29) is 6.09 Å². The Hall–Kier alpha value is -1.56. The van der Waals surface area contributed by atoms with E-state index in [2.05, 4.69) is 21.8 Å². The number of hydrogen-bond acceptors (Lipinski definition) is 4. The molecule has 1 saturated heterocycles. The molecule has 0 spiro atoms. The standard InChI is InChI=1S/C17H30N4O2/c1-5-20-13-19-11-15(20)10-18-8-6-14-7-9-21(12-14)16(22)23-17(2,3)4/h11,13-14,18H,5-10,12H2,1-4H3. The van der Waals surface area contributed by atoms with Crippen molar-refractivity contribution in [2.75, 3.05) is 19.6 Å². The lowest BCUT2D eigenvalue weighted by Gasteiger charge is -2.24. The molecule has 1 aliphatic heterocycles. The summed E-state index contributed by atoms with van der Waals surface area (Å²) in [6, 6.07) is 0. The zero-order chi connectivity index (χ0) is 16.9. The van der Waals surface area contributed by atoms with Crippen LogP contribution < -0.4 is 5.32 Å². The van der Waals surface area contributed by atoms with Gasteiger partial charge in [-0.3, -0.25) is 0 Å². The Kier molecular flexibility index (Phi) is 6.04. The Labute approximate surface area is 139 Å². The van der Waals surface area contributed by atoms with Crippen molar-refractivity contribution < 1.29 is 9.53 Å². The first-order valence-electron chi connectivity index (χ1n) is 8.56. The molecule has 0 aliphatic carbocycles. The van der Waals surface area contributed by atoms with Gasteiger partial charge in [-0.1, -0.05) is 0 Å². The van der Waals surface area contributed by atoms with Crippen molar-refractivity contribution in [2.45, 2.75) is 59.2 Å². The molecule has 1 unspecified atom stereocenters. The van der Waals surface area contributed by atoms with Crippen molar-refractivity contribution in [3.8, 4) is 0 Å². The van der Waals surface area contributed by atoms with E-state index in [9.17, 15) is 4.79 Å². The average Bonchev–Trinajstić information content (AvgIpc) is 3.10. The zero-order valence-electron chi connectivity index (χ0n) is 14.8. The van der Waals surface area contributed by atoms with Crippen LogP contribution >= 0.6 is 0 Å². The maximum absolute atomic E-state index is 12.0. The Morgan fingerprint density at radius 2 is 2.26 bits per heavy atom. The van der Waals surface area contributed by atoms with Crippen LogP contribution in [0.1, 0.15) is 46.2 Å². The first kappa shape index (κ1) is 17.8. The molecule has 0 saturated carbocycles. The van der Waals surface area contributed by atoms with Gasteiger partial charge in [-0.25, -0.2) is 9.78 Å². The molecule has 2 rings (SSSR count). The summed E-state index contributed by atoms with van der Waals surface area (Å²) >= 11 is 0. The number of carbonyl (C=O) groups excluding carboxylic acids is 1. The van der Waals surface area contributed by atoms with Gasteiger partial charge < -0.3 is 19.5 Å². The fourth-order valence-corrected chi connectivity index (χ4v) is 2.86. The van der Waals surface area contributed by atoms with Crippen LogP contribution in [0.3, 0.4) is 0 Å². The van der Waals surface area contributed by atoms with E-state index in [0.29, 0.717) is 5.92 Å². The summed E-state index contributed by atoms with van der Waals surface area (Å²) in [6.45, 7) is 12.2. The number of aryl methyl sites for hydroxylation is 1. The molecule has 1 fully saturated rings. The van der Waals surface area contributed by atoms with Crippen LogP contribution in [0.25, 0.3) is 0 Å². The normalized spacial score (nSPS) is 18.4. The second-order valence-electron chi connectivity index (χ2n) is 7.22. The van der Waals surface area contributed by atoms with Gasteiger partial charge in [0, 0.05) is 32.4 Å². The van der Waals surface area contributed by atoms with Gasteiger partial charge in [0.2, 0.25) is 0 Å². The van der Waals surface area contributed by atoms with Crippen LogP contribution in [-0.4, -0.2) is 45.8 Å². The van der Waals surface area contributed by atoms with Gasteiger partial charge in [0.25, 0.3) is 0 Å². The van der Waals surface area contributed by atoms with Gasteiger partial charge in [0.05, 0.1) is 12.0 Å². The van der Waals surface area contributed by atoms with Crippen LogP contribution in [0, 0.1) is 5.92 Å². The molecule has 1 aliphatic rings. The van der Waals surface area contributed by atoms with Gasteiger partial charge in [0.1, 0.15) is 5.60 Å². The molecule has 1 amide bonds. The average molecular weight is 322 g/mol. The van der Waals surface area contributed by atoms with E-state index >= 15 is 0 Å². The molecule has 1 atom stereocenters. The molecular weight excluding hydrogens is 292 g/mol. The van der Waals surface area contributed by atoms with Crippen molar-refractivity contribution in [1.82, 2.24) is 19.8 Å². The fraction of sp³-hybridized carbons (Fsp3) is 0.765. The number of hydrogen-bond donors (Lipinski definition) is 1. The van der Waals surface area contributed by atoms with Crippen molar-refractivity contribution in [3.05, 3.63) is 18.2 Å². The third kappa shape index (κ3) is 5.53. The minimum atomic E-state index is -0.418. The van der Waals surface area contributed by atoms with E-state index < -0.39 is 5.60 Å². The van der Waals surface area contributed by atoms with E-state index in [1.165, 1.54) is 5.69 Å².